The number of hydrogen-bond acceptors (Lipinski definition) is 2. The Morgan fingerprint density at radius 1 is 1.25 bits per heavy atom. The van der Waals surface area contributed by atoms with Gasteiger partial charge < -0.3 is 4.90 Å². The number of rotatable bonds is 4. The Morgan fingerprint density at radius 3 is 2.60 bits per heavy atom. The molecule has 2 rings (SSSR count). The van der Waals surface area contributed by atoms with Crippen LogP contribution in [0.2, 0.25) is 0 Å². The molecule has 1 aromatic heterocycles. The fraction of sp³-hybridized carbons (Fsp3) is 0.357. The highest BCUT2D eigenvalue weighted by molar-refractivity contribution is 9.09. The van der Waals surface area contributed by atoms with Crippen molar-refractivity contribution in [2.45, 2.75) is 13.1 Å². The summed E-state index contributed by atoms with van der Waals surface area (Å²) in [5.74, 6) is 0. The molecule has 0 aliphatic heterocycles. The number of aromatic nitrogens is 1. The lowest BCUT2D eigenvalue weighted by Gasteiger charge is -2.26. The SMILES string of the molecule is Cc1cc(N(CCBr)CC(F)(F)F)c2ccccc2n1. The first-order valence-electron chi connectivity index (χ1n) is 6.15. The Bertz CT molecular complexity index is 598. The molecule has 0 aliphatic rings. The zero-order chi connectivity index (χ0) is 14.8. The highest BCUT2D eigenvalue weighted by Crippen LogP contribution is 2.29. The van der Waals surface area contributed by atoms with Crippen LogP contribution in [-0.2, 0) is 0 Å². The average Bonchev–Trinajstić information content (AvgIpc) is 2.35. The van der Waals surface area contributed by atoms with Crippen molar-refractivity contribution in [3.63, 3.8) is 0 Å². The number of pyridine rings is 1. The van der Waals surface area contributed by atoms with Crippen LogP contribution >= 0.6 is 15.9 Å². The molecule has 0 saturated carbocycles. The van der Waals surface area contributed by atoms with Crippen LogP contribution in [0.1, 0.15) is 5.69 Å². The number of fused-ring (bicyclic) bond motifs is 1. The van der Waals surface area contributed by atoms with E-state index >= 15 is 0 Å². The number of alkyl halides is 4. The summed E-state index contributed by atoms with van der Waals surface area (Å²) in [5.41, 5.74) is 1.99. The van der Waals surface area contributed by atoms with Gasteiger partial charge in [-0.1, -0.05) is 34.1 Å². The van der Waals surface area contributed by atoms with Crippen molar-refractivity contribution in [3.8, 4) is 0 Å². The minimum atomic E-state index is -4.24. The minimum Gasteiger partial charge on any atom is -0.361 e. The molecule has 0 bridgehead atoms. The molecule has 1 aromatic carbocycles. The van der Waals surface area contributed by atoms with Crippen LogP contribution in [0, 0.1) is 6.92 Å². The van der Waals surface area contributed by atoms with Gasteiger partial charge >= 0.3 is 6.18 Å². The fourth-order valence-corrected chi connectivity index (χ4v) is 2.58. The van der Waals surface area contributed by atoms with E-state index in [9.17, 15) is 13.2 Å². The summed E-state index contributed by atoms with van der Waals surface area (Å²) >= 11 is 3.21. The smallest absolute Gasteiger partial charge is 0.361 e. The lowest BCUT2D eigenvalue weighted by atomic mass is 10.1. The molecule has 0 spiro atoms. The minimum absolute atomic E-state index is 0.285. The Hall–Kier alpha value is -1.30. The molecule has 0 atom stereocenters. The van der Waals surface area contributed by atoms with Crippen LogP contribution in [0.4, 0.5) is 18.9 Å². The van der Waals surface area contributed by atoms with Gasteiger partial charge in [0.25, 0.3) is 0 Å². The number of benzene rings is 1. The van der Waals surface area contributed by atoms with Crippen LogP contribution in [0.25, 0.3) is 10.9 Å². The monoisotopic (exact) mass is 346 g/mol. The van der Waals surface area contributed by atoms with Crippen LogP contribution in [0.5, 0.6) is 0 Å². The van der Waals surface area contributed by atoms with Crippen LogP contribution in [0.3, 0.4) is 0 Å². The Morgan fingerprint density at radius 2 is 1.95 bits per heavy atom. The van der Waals surface area contributed by atoms with Gasteiger partial charge in [0.1, 0.15) is 6.54 Å². The average molecular weight is 347 g/mol. The van der Waals surface area contributed by atoms with Gasteiger partial charge in [0.2, 0.25) is 0 Å². The summed E-state index contributed by atoms with van der Waals surface area (Å²) in [6.07, 6.45) is -4.24. The van der Waals surface area contributed by atoms with Crippen LogP contribution in [-0.4, -0.2) is 29.6 Å². The molecule has 20 heavy (non-hydrogen) atoms. The van der Waals surface area contributed by atoms with Gasteiger partial charge in [-0.3, -0.25) is 4.98 Å². The van der Waals surface area contributed by atoms with Crippen molar-refractivity contribution < 1.29 is 13.2 Å². The number of anilines is 1. The molecular weight excluding hydrogens is 333 g/mol. The summed E-state index contributed by atoms with van der Waals surface area (Å²) in [4.78, 5) is 5.69. The highest BCUT2D eigenvalue weighted by Gasteiger charge is 2.31. The van der Waals surface area contributed by atoms with Gasteiger partial charge in [0.15, 0.2) is 0 Å². The van der Waals surface area contributed by atoms with Gasteiger partial charge in [0, 0.05) is 28.6 Å². The summed E-state index contributed by atoms with van der Waals surface area (Å²) in [6.45, 7) is 1.11. The van der Waals surface area contributed by atoms with Gasteiger partial charge in [-0.25, -0.2) is 0 Å². The molecule has 0 N–H and O–H groups in total. The molecule has 2 aromatic rings. The van der Waals surface area contributed by atoms with Crippen molar-refractivity contribution >= 4 is 32.5 Å². The third-order valence-electron chi connectivity index (χ3n) is 2.89. The molecule has 108 valence electrons. The summed E-state index contributed by atoms with van der Waals surface area (Å²) in [6, 6.07) is 8.96. The molecule has 2 nitrogen and oxygen atoms in total. The van der Waals surface area contributed by atoms with E-state index in [1.807, 2.05) is 18.2 Å². The van der Waals surface area contributed by atoms with E-state index in [4.69, 9.17) is 0 Å². The van der Waals surface area contributed by atoms with E-state index in [2.05, 4.69) is 20.9 Å². The number of para-hydroxylation sites is 1. The Kier molecular flexibility index (Phi) is 4.52. The second-order valence-electron chi connectivity index (χ2n) is 4.53. The molecule has 0 amide bonds. The largest absolute Gasteiger partial charge is 0.405 e. The first-order chi connectivity index (χ1) is 9.40. The quantitative estimate of drug-likeness (QED) is 0.767. The van der Waals surface area contributed by atoms with Crippen molar-refractivity contribution in [2.24, 2.45) is 0 Å². The third kappa shape index (κ3) is 3.62. The van der Waals surface area contributed by atoms with Crippen molar-refractivity contribution in [2.75, 3.05) is 23.3 Å². The Labute approximate surface area is 123 Å². The summed E-state index contributed by atoms with van der Waals surface area (Å²) in [7, 11) is 0. The molecule has 6 heteroatoms. The predicted molar refractivity (Wildman–Crippen MR) is 78.5 cm³/mol. The van der Waals surface area contributed by atoms with Crippen molar-refractivity contribution in [3.05, 3.63) is 36.0 Å². The zero-order valence-corrected chi connectivity index (χ0v) is 12.5. The zero-order valence-electron chi connectivity index (χ0n) is 10.9. The third-order valence-corrected chi connectivity index (χ3v) is 3.24. The summed E-state index contributed by atoms with van der Waals surface area (Å²) < 4.78 is 38.2. The van der Waals surface area contributed by atoms with E-state index in [0.29, 0.717) is 22.2 Å². The Balaban J connectivity index is 2.52. The number of hydrogen-bond donors (Lipinski definition) is 0. The van der Waals surface area contributed by atoms with Gasteiger partial charge in [0.05, 0.1) is 5.52 Å². The number of aryl methyl sites for hydroxylation is 1. The molecular formula is C14H14BrF3N2. The first kappa shape index (κ1) is 15.1. The van der Waals surface area contributed by atoms with E-state index in [1.54, 1.807) is 19.1 Å². The topological polar surface area (TPSA) is 16.1 Å². The number of nitrogens with zero attached hydrogens (tertiary/aromatic N) is 2. The van der Waals surface area contributed by atoms with E-state index < -0.39 is 12.7 Å². The molecule has 1 heterocycles. The fourth-order valence-electron chi connectivity index (χ4n) is 2.15. The molecule has 0 radical (unpaired) electrons. The maximum Gasteiger partial charge on any atom is 0.405 e. The van der Waals surface area contributed by atoms with Crippen molar-refractivity contribution in [1.82, 2.24) is 4.98 Å². The van der Waals surface area contributed by atoms with E-state index in [0.717, 1.165) is 5.39 Å². The lowest BCUT2D eigenvalue weighted by Crippen LogP contribution is -2.35. The van der Waals surface area contributed by atoms with Crippen LogP contribution in [0.15, 0.2) is 30.3 Å². The maximum atomic E-state index is 12.7. The van der Waals surface area contributed by atoms with Crippen molar-refractivity contribution in [1.29, 1.82) is 0 Å². The predicted octanol–water partition coefficient (Wildman–Crippen LogP) is 4.31. The number of halogens is 4. The molecule has 0 unspecified atom stereocenters. The van der Waals surface area contributed by atoms with Gasteiger partial charge in [-0.15, -0.1) is 0 Å². The standard InChI is InChI=1S/C14H14BrF3N2/c1-10-8-13(11-4-2-3-5-12(11)19-10)20(7-6-15)9-14(16,17)18/h2-5,8H,6-7,9H2,1H3. The van der Waals surface area contributed by atoms with E-state index in [-0.39, 0.29) is 6.54 Å². The second kappa shape index (κ2) is 5.99. The second-order valence-corrected chi connectivity index (χ2v) is 5.32. The summed E-state index contributed by atoms with van der Waals surface area (Å²) in [5, 5.41) is 1.21. The maximum absolute atomic E-state index is 12.7. The first-order valence-corrected chi connectivity index (χ1v) is 7.27. The van der Waals surface area contributed by atoms with Gasteiger partial charge in [-0.2, -0.15) is 13.2 Å². The normalized spacial score (nSPS) is 11.8. The van der Waals surface area contributed by atoms with E-state index in [1.165, 1.54) is 4.90 Å². The molecule has 0 aliphatic carbocycles. The van der Waals surface area contributed by atoms with Gasteiger partial charge in [-0.05, 0) is 19.1 Å². The van der Waals surface area contributed by atoms with Crippen LogP contribution < -0.4 is 4.90 Å². The lowest BCUT2D eigenvalue weighted by molar-refractivity contribution is -0.119. The molecule has 0 saturated heterocycles. The highest BCUT2D eigenvalue weighted by atomic mass is 79.9. The molecule has 0 fully saturated rings.